The maximum absolute atomic E-state index is 9.27. The van der Waals surface area contributed by atoms with Gasteiger partial charge in [-0.05, 0) is 6.92 Å². The molecule has 1 aromatic heterocycles. The predicted octanol–water partition coefficient (Wildman–Crippen LogP) is 0.623. The average Bonchev–Trinajstić information content (AvgIpc) is 2.46. The molecule has 2 rings (SSSR count). The van der Waals surface area contributed by atoms with Gasteiger partial charge in [0.05, 0.1) is 17.3 Å². The molecule has 1 N–H and O–H groups in total. The van der Waals surface area contributed by atoms with Crippen molar-refractivity contribution in [2.45, 2.75) is 31.4 Å². The number of hydrogen-bond donors (Lipinski definition) is 1. The van der Waals surface area contributed by atoms with Gasteiger partial charge in [-0.15, -0.1) is 11.7 Å². The van der Waals surface area contributed by atoms with Crippen LogP contribution in [0.15, 0.2) is 18.9 Å². The molecule has 0 amide bonds. The summed E-state index contributed by atoms with van der Waals surface area (Å²) in [6.07, 6.45) is 4.89. The van der Waals surface area contributed by atoms with E-state index in [9.17, 15) is 5.11 Å². The van der Waals surface area contributed by atoms with Crippen LogP contribution < -0.4 is 0 Å². The molecule has 0 spiro atoms. The Kier molecular flexibility index (Phi) is 1.73. The number of aliphatic hydroxyl groups excluding tert-OH is 1. The first-order chi connectivity index (χ1) is 6.16. The van der Waals surface area contributed by atoms with Crippen LogP contribution in [0.4, 0.5) is 0 Å². The van der Waals surface area contributed by atoms with E-state index in [0.717, 1.165) is 5.69 Å². The predicted molar refractivity (Wildman–Crippen MR) is 48.2 cm³/mol. The average molecular weight is 179 g/mol. The van der Waals surface area contributed by atoms with Crippen LogP contribution in [-0.2, 0) is 5.54 Å². The number of aryl methyl sites for hydroxylation is 1. The van der Waals surface area contributed by atoms with Gasteiger partial charge in [0, 0.05) is 19.0 Å². The smallest absolute Gasteiger partial charge is 0.0871 e. The van der Waals surface area contributed by atoms with E-state index in [-0.39, 0.29) is 11.6 Å². The van der Waals surface area contributed by atoms with E-state index in [0.29, 0.717) is 12.8 Å². The normalized spacial score (nSPS) is 32.6. The van der Waals surface area contributed by atoms with Crippen LogP contribution in [0.5, 0.6) is 0 Å². The van der Waals surface area contributed by atoms with Gasteiger partial charge < -0.3 is 5.11 Å². The lowest BCUT2D eigenvalue weighted by Crippen LogP contribution is -2.48. The summed E-state index contributed by atoms with van der Waals surface area (Å²) >= 11 is 0. The van der Waals surface area contributed by atoms with Gasteiger partial charge in [0.2, 0.25) is 0 Å². The number of nitrogens with zero attached hydrogens (tertiary/aromatic N) is 3. The van der Waals surface area contributed by atoms with Crippen molar-refractivity contribution < 1.29 is 5.11 Å². The number of aliphatic hydroxyl groups is 1. The molecule has 1 heterocycles. The molecule has 70 valence electrons. The molecule has 0 saturated heterocycles. The fourth-order valence-electron chi connectivity index (χ4n) is 1.77. The minimum absolute atomic E-state index is 0.194. The molecule has 0 atom stereocenters. The molecule has 13 heavy (non-hydrogen) atoms. The number of rotatable bonds is 2. The minimum atomic E-state index is -0.220. The van der Waals surface area contributed by atoms with Crippen molar-refractivity contribution in [2.75, 3.05) is 0 Å². The highest BCUT2D eigenvalue weighted by Gasteiger charge is 2.43. The molecule has 0 aliphatic heterocycles. The Hall–Kier alpha value is -1.16. The molecular formula is C9H13N3O. The molecule has 1 fully saturated rings. The van der Waals surface area contributed by atoms with Crippen molar-refractivity contribution in [3.8, 4) is 0 Å². The third kappa shape index (κ3) is 1.18. The van der Waals surface area contributed by atoms with Crippen LogP contribution in [0, 0.1) is 6.92 Å². The molecule has 0 unspecified atom stereocenters. The summed E-state index contributed by atoms with van der Waals surface area (Å²) in [7, 11) is 0. The SMILES string of the molecule is C=CC1(n2cc(C)nn2)CC(O)C1. The van der Waals surface area contributed by atoms with Crippen LogP contribution in [0.1, 0.15) is 18.5 Å². The summed E-state index contributed by atoms with van der Waals surface area (Å²) < 4.78 is 1.79. The highest BCUT2D eigenvalue weighted by Crippen LogP contribution is 2.39. The van der Waals surface area contributed by atoms with E-state index in [1.165, 1.54) is 0 Å². The summed E-state index contributed by atoms with van der Waals surface area (Å²) in [4.78, 5) is 0. The summed E-state index contributed by atoms with van der Waals surface area (Å²) in [5.74, 6) is 0. The molecule has 0 aromatic carbocycles. The quantitative estimate of drug-likeness (QED) is 0.677. The zero-order valence-corrected chi connectivity index (χ0v) is 7.64. The fourth-order valence-corrected chi connectivity index (χ4v) is 1.77. The van der Waals surface area contributed by atoms with Crippen molar-refractivity contribution in [2.24, 2.45) is 0 Å². The van der Waals surface area contributed by atoms with Crippen LogP contribution in [-0.4, -0.2) is 26.2 Å². The van der Waals surface area contributed by atoms with Crippen molar-refractivity contribution in [1.82, 2.24) is 15.0 Å². The summed E-state index contributed by atoms with van der Waals surface area (Å²) in [6.45, 7) is 5.67. The molecule has 1 saturated carbocycles. The van der Waals surface area contributed by atoms with Gasteiger partial charge in [-0.3, -0.25) is 0 Å². The van der Waals surface area contributed by atoms with Crippen LogP contribution >= 0.6 is 0 Å². The second-order valence-corrected chi connectivity index (χ2v) is 3.67. The highest BCUT2D eigenvalue weighted by atomic mass is 16.3. The van der Waals surface area contributed by atoms with Crippen molar-refractivity contribution in [3.63, 3.8) is 0 Å². The standard InChI is InChI=1S/C9H13N3O/c1-3-9(4-8(13)5-9)12-6-7(2)10-11-12/h3,6,8,13H,1,4-5H2,2H3. The van der Waals surface area contributed by atoms with Gasteiger partial charge in [-0.1, -0.05) is 11.3 Å². The molecule has 1 aliphatic carbocycles. The second-order valence-electron chi connectivity index (χ2n) is 3.67. The zero-order chi connectivity index (χ0) is 9.47. The van der Waals surface area contributed by atoms with Gasteiger partial charge in [0.25, 0.3) is 0 Å². The van der Waals surface area contributed by atoms with E-state index >= 15 is 0 Å². The number of aromatic nitrogens is 3. The second kappa shape index (κ2) is 2.67. The lowest BCUT2D eigenvalue weighted by atomic mass is 9.74. The Balaban J connectivity index is 2.28. The van der Waals surface area contributed by atoms with Crippen molar-refractivity contribution >= 4 is 0 Å². The topological polar surface area (TPSA) is 50.9 Å². The summed E-state index contributed by atoms with van der Waals surface area (Å²) in [5.41, 5.74) is 0.698. The molecule has 1 aromatic rings. The van der Waals surface area contributed by atoms with E-state index in [4.69, 9.17) is 0 Å². The minimum Gasteiger partial charge on any atom is -0.393 e. The monoisotopic (exact) mass is 179 g/mol. The van der Waals surface area contributed by atoms with Gasteiger partial charge in [0.1, 0.15) is 0 Å². The van der Waals surface area contributed by atoms with Gasteiger partial charge in [-0.2, -0.15) is 0 Å². The highest BCUT2D eigenvalue weighted by molar-refractivity contribution is 5.10. The Labute approximate surface area is 76.9 Å². The van der Waals surface area contributed by atoms with Crippen LogP contribution in [0.25, 0.3) is 0 Å². The van der Waals surface area contributed by atoms with Crippen molar-refractivity contribution in [1.29, 1.82) is 0 Å². The Morgan fingerprint density at radius 3 is 2.85 bits per heavy atom. The third-order valence-corrected chi connectivity index (χ3v) is 2.62. The van der Waals surface area contributed by atoms with Gasteiger partial charge in [0.15, 0.2) is 0 Å². The molecule has 0 bridgehead atoms. The van der Waals surface area contributed by atoms with Gasteiger partial charge >= 0.3 is 0 Å². The molecular weight excluding hydrogens is 166 g/mol. The molecule has 4 heteroatoms. The zero-order valence-electron chi connectivity index (χ0n) is 7.64. The van der Waals surface area contributed by atoms with Crippen molar-refractivity contribution in [3.05, 3.63) is 24.5 Å². The molecule has 0 radical (unpaired) electrons. The first-order valence-electron chi connectivity index (χ1n) is 4.37. The van der Waals surface area contributed by atoms with E-state index in [1.807, 2.05) is 19.2 Å². The molecule has 4 nitrogen and oxygen atoms in total. The Bertz CT molecular complexity index is 325. The largest absolute Gasteiger partial charge is 0.393 e. The lowest BCUT2D eigenvalue weighted by molar-refractivity contribution is -0.00105. The van der Waals surface area contributed by atoms with Crippen LogP contribution in [0.2, 0.25) is 0 Å². The van der Waals surface area contributed by atoms with Crippen LogP contribution in [0.3, 0.4) is 0 Å². The van der Waals surface area contributed by atoms with E-state index in [2.05, 4.69) is 16.9 Å². The maximum Gasteiger partial charge on any atom is 0.0871 e. The number of hydrogen-bond acceptors (Lipinski definition) is 3. The fraction of sp³-hybridized carbons (Fsp3) is 0.556. The number of allylic oxidation sites excluding steroid dienone is 1. The first kappa shape index (κ1) is 8.44. The Morgan fingerprint density at radius 1 is 1.77 bits per heavy atom. The summed E-state index contributed by atoms with van der Waals surface area (Å²) in [6, 6.07) is 0. The first-order valence-corrected chi connectivity index (χ1v) is 4.37. The lowest BCUT2D eigenvalue weighted by Gasteiger charge is -2.42. The Morgan fingerprint density at radius 2 is 2.46 bits per heavy atom. The van der Waals surface area contributed by atoms with E-state index < -0.39 is 0 Å². The maximum atomic E-state index is 9.27. The van der Waals surface area contributed by atoms with E-state index in [1.54, 1.807) is 4.68 Å². The van der Waals surface area contributed by atoms with Gasteiger partial charge in [-0.25, -0.2) is 4.68 Å². The molecule has 1 aliphatic rings. The summed E-state index contributed by atoms with van der Waals surface area (Å²) in [5, 5.41) is 17.2. The third-order valence-electron chi connectivity index (χ3n) is 2.62.